The van der Waals surface area contributed by atoms with Gasteiger partial charge in [0.25, 0.3) is 0 Å². The van der Waals surface area contributed by atoms with Gasteiger partial charge in [-0.05, 0) is 6.92 Å². The summed E-state index contributed by atoms with van der Waals surface area (Å²) in [6.45, 7) is 6.16. The SMILES string of the molecule is C=CN1C=CN(Cl)C1OCC. The molecule has 11 heavy (non-hydrogen) atoms. The average Bonchev–Trinajstić information content (AvgIpc) is 2.34. The third-order valence-electron chi connectivity index (χ3n) is 1.37. The van der Waals surface area contributed by atoms with Crippen LogP contribution in [-0.4, -0.2) is 22.3 Å². The van der Waals surface area contributed by atoms with Crippen LogP contribution in [0.1, 0.15) is 6.92 Å². The van der Waals surface area contributed by atoms with Crippen molar-refractivity contribution in [2.45, 2.75) is 13.3 Å². The van der Waals surface area contributed by atoms with Crippen molar-refractivity contribution < 1.29 is 4.74 Å². The molecule has 0 aromatic carbocycles. The summed E-state index contributed by atoms with van der Waals surface area (Å²) < 4.78 is 6.77. The number of ether oxygens (including phenoxy) is 1. The summed E-state index contributed by atoms with van der Waals surface area (Å²) >= 11 is 5.76. The normalized spacial score (nSPS) is 22.9. The molecule has 1 rings (SSSR count). The standard InChI is InChI=1S/C7H11ClN2O/c1-3-9-5-6-10(8)7(9)11-4-2/h3,5-7H,1,4H2,2H3. The zero-order valence-corrected chi connectivity index (χ0v) is 7.16. The fraction of sp³-hybridized carbons (Fsp3) is 0.429. The van der Waals surface area contributed by atoms with Gasteiger partial charge in [-0.25, -0.2) is 4.42 Å². The molecule has 0 aromatic heterocycles. The van der Waals surface area contributed by atoms with Crippen molar-refractivity contribution in [3.8, 4) is 0 Å². The van der Waals surface area contributed by atoms with Crippen molar-refractivity contribution >= 4 is 11.8 Å². The molecule has 0 spiro atoms. The summed E-state index contributed by atoms with van der Waals surface area (Å²) in [5, 5.41) is 0. The molecule has 0 bridgehead atoms. The summed E-state index contributed by atoms with van der Waals surface area (Å²) in [4.78, 5) is 1.79. The monoisotopic (exact) mass is 174 g/mol. The van der Waals surface area contributed by atoms with E-state index in [9.17, 15) is 0 Å². The first-order chi connectivity index (χ1) is 5.29. The maximum Gasteiger partial charge on any atom is 0.227 e. The largest absolute Gasteiger partial charge is 0.340 e. The fourth-order valence-corrected chi connectivity index (χ4v) is 1.08. The van der Waals surface area contributed by atoms with Gasteiger partial charge < -0.3 is 9.64 Å². The third-order valence-corrected chi connectivity index (χ3v) is 1.65. The van der Waals surface area contributed by atoms with Crippen LogP contribution in [-0.2, 0) is 4.74 Å². The second-order valence-corrected chi connectivity index (χ2v) is 2.44. The minimum absolute atomic E-state index is 0.237. The lowest BCUT2D eigenvalue weighted by atomic mass is 10.7. The van der Waals surface area contributed by atoms with Crippen molar-refractivity contribution in [1.29, 1.82) is 0 Å². The van der Waals surface area contributed by atoms with E-state index in [-0.39, 0.29) is 6.35 Å². The molecule has 0 aromatic rings. The van der Waals surface area contributed by atoms with Crippen molar-refractivity contribution in [2.75, 3.05) is 6.61 Å². The van der Waals surface area contributed by atoms with E-state index in [1.807, 2.05) is 6.92 Å². The minimum atomic E-state index is -0.237. The second-order valence-electron chi connectivity index (χ2n) is 2.05. The smallest absolute Gasteiger partial charge is 0.227 e. The van der Waals surface area contributed by atoms with E-state index in [2.05, 4.69) is 6.58 Å². The van der Waals surface area contributed by atoms with Gasteiger partial charge >= 0.3 is 0 Å². The Balaban J connectivity index is 2.54. The Morgan fingerprint density at radius 2 is 2.45 bits per heavy atom. The second kappa shape index (κ2) is 3.64. The Hall–Kier alpha value is -0.670. The van der Waals surface area contributed by atoms with E-state index >= 15 is 0 Å². The quantitative estimate of drug-likeness (QED) is 0.606. The Morgan fingerprint density at radius 1 is 1.73 bits per heavy atom. The molecule has 1 aliphatic rings. The van der Waals surface area contributed by atoms with Gasteiger partial charge in [0.1, 0.15) is 0 Å². The summed E-state index contributed by atoms with van der Waals surface area (Å²) in [6.07, 6.45) is 4.96. The Bertz CT molecular complexity index is 172. The first-order valence-electron chi connectivity index (χ1n) is 3.43. The molecule has 4 heteroatoms. The van der Waals surface area contributed by atoms with Crippen molar-refractivity contribution in [1.82, 2.24) is 9.32 Å². The van der Waals surface area contributed by atoms with Crippen molar-refractivity contribution in [3.05, 3.63) is 25.2 Å². The first kappa shape index (κ1) is 8.43. The zero-order chi connectivity index (χ0) is 8.27. The van der Waals surface area contributed by atoms with Gasteiger partial charge in [0.15, 0.2) is 0 Å². The Morgan fingerprint density at radius 3 is 3.00 bits per heavy atom. The van der Waals surface area contributed by atoms with Gasteiger partial charge in [-0.3, -0.25) is 0 Å². The van der Waals surface area contributed by atoms with E-state index < -0.39 is 0 Å². The third kappa shape index (κ3) is 1.67. The van der Waals surface area contributed by atoms with E-state index in [4.69, 9.17) is 16.5 Å². The van der Waals surface area contributed by atoms with Crippen LogP contribution in [0.15, 0.2) is 25.2 Å². The van der Waals surface area contributed by atoms with Crippen LogP contribution >= 0.6 is 11.8 Å². The van der Waals surface area contributed by atoms with Crippen LogP contribution < -0.4 is 0 Å². The topological polar surface area (TPSA) is 15.7 Å². The van der Waals surface area contributed by atoms with Gasteiger partial charge in [0.05, 0.1) is 0 Å². The molecule has 0 fully saturated rings. The highest BCUT2D eigenvalue weighted by Gasteiger charge is 2.22. The molecule has 0 aliphatic carbocycles. The highest BCUT2D eigenvalue weighted by molar-refractivity contribution is 6.14. The first-order valence-corrected chi connectivity index (χ1v) is 3.77. The molecule has 0 N–H and O–H groups in total. The minimum Gasteiger partial charge on any atom is -0.340 e. The van der Waals surface area contributed by atoms with E-state index in [1.54, 1.807) is 23.5 Å². The molecular formula is C7H11ClN2O. The van der Waals surface area contributed by atoms with Gasteiger partial charge in [0.2, 0.25) is 6.35 Å². The van der Waals surface area contributed by atoms with Crippen LogP contribution in [0.5, 0.6) is 0 Å². The number of rotatable bonds is 3. The summed E-state index contributed by atoms with van der Waals surface area (Å²) in [5.74, 6) is 0. The molecule has 3 nitrogen and oxygen atoms in total. The predicted octanol–water partition coefficient (Wildman–Crippen LogP) is 1.69. The van der Waals surface area contributed by atoms with E-state index in [0.29, 0.717) is 6.61 Å². The summed E-state index contributed by atoms with van der Waals surface area (Å²) in [5.41, 5.74) is 0. The van der Waals surface area contributed by atoms with Gasteiger partial charge in [-0.15, -0.1) is 0 Å². The molecule has 0 radical (unpaired) electrons. The number of hydrogen-bond acceptors (Lipinski definition) is 3. The van der Waals surface area contributed by atoms with Crippen LogP contribution in [0, 0.1) is 0 Å². The van der Waals surface area contributed by atoms with Crippen LogP contribution in [0.25, 0.3) is 0 Å². The highest BCUT2D eigenvalue weighted by Crippen LogP contribution is 2.18. The molecule has 0 saturated carbocycles. The van der Waals surface area contributed by atoms with E-state index in [1.165, 1.54) is 4.42 Å². The fourth-order valence-electron chi connectivity index (χ4n) is 0.873. The lowest BCUT2D eigenvalue weighted by molar-refractivity contribution is -0.0523. The number of hydrogen-bond donors (Lipinski definition) is 0. The highest BCUT2D eigenvalue weighted by atomic mass is 35.5. The van der Waals surface area contributed by atoms with Gasteiger partial charge in [-0.1, -0.05) is 6.58 Å². The number of nitrogens with zero attached hydrogens (tertiary/aromatic N) is 2. The molecule has 1 unspecified atom stereocenters. The van der Waals surface area contributed by atoms with Crippen LogP contribution in [0.2, 0.25) is 0 Å². The maximum absolute atomic E-state index is 5.76. The van der Waals surface area contributed by atoms with Crippen LogP contribution in [0.3, 0.4) is 0 Å². The molecule has 0 saturated heterocycles. The van der Waals surface area contributed by atoms with Crippen molar-refractivity contribution in [2.24, 2.45) is 0 Å². The Labute approximate surface area is 71.6 Å². The molecule has 0 amide bonds. The van der Waals surface area contributed by atoms with Crippen molar-refractivity contribution in [3.63, 3.8) is 0 Å². The lowest BCUT2D eigenvalue weighted by Gasteiger charge is -2.24. The molecule has 1 atom stereocenters. The zero-order valence-electron chi connectivity index (χ0n) is 6.40. The molecule has 1 heterocycles. The van der Waals surface area contributed by atoms with Crippen LogP contribution in [0.4, 0.5) is 0 Å². The number of halogens is 1. The van der Waals surface area contributed by atoms with Gasteiger partial charge in [0, 0.05) is 37.0 Å². The molecule has 1 aliphatic heterocycles. The average molecular weight is 175 g/mol. The summed E-state index contributed by atoms with van der Waals surface area (Å²) in [6, 6.07) is 0. The van der Waals surface area contributed by atoms with E-state index in [0.717, 1.165) is 0 Å². The lowest BCUT2D eigenvalue weighted by Crippen LogP contribution is -2.33. The summed E-state index contributed by atoms with van der Waals surface area (Å²) in [7, 11) is 0. The Kier molecular flexibility index (Phi) is 2.79. The maximum atomic E-state index is 5.76. The molecule has 62 valence electrons. The predicted molar refractivity (Wildman–Crippen MR) is 44.3 cm³/mol. The van der Waals surface area contributed by atoms with Gasteiger partial charge in [-0.2, -0.15) is 0 Å². The molecular weight excluding hydrogens is 164 g/mol.